The molecule has 0 saturated carbocycles. The molecule has 0 unspecified atom stereocenters. The van der Waals surface area contributed by atoms with Crippen LogP contribution in [0.3, 0.4) is 0 Å². The molecular formula is C17H17N3O2S. The van der Waals surface area contributed by atoms with E-state index in [1.165, 1.54) is 16.9 Å². The van der Waals surface area contributed by atoms with Crippen molar-refractivity contribution in [1.82, 2.24) is 9.97 Å². The number of benzene rings is 1. The zero-order valence-electron chi connectivity index (χ0n) is 13.0. The summed E-state index contributed by atoms with van der Waals surface area (Å²) in [6, 6.07) is 8.05. The molecule has 0 radical (unpaired) electrons. The van der Waals surface area contributed by atoms with Crippen LogP contribution in [0.4, 0.5) is 5.13 Å². The second kappa shape index (κ2) is 6.75. The van der Waals surface area contributed by atoms with Crippen LogP contribution < -0.4 is 5.32 Å². The highest BCUT2D eigenvalue weighted by molar-refractivity contribution is 7.15. The summed E-state index contributed by atoms with van der Waals surface area (Å²) in [5, 5.41) is 3.40. The van der Waals surface area contributed by atoms with Gasteiger partial charge in [0.2, 0.25) is 5.91 Å². The summed E-state index contributed by atoms with van der Waals surface area (Å²) in [5.74, 6) is 1.19. The molecule has 0 fully saturated rings. The molecule has 1 amide bonds. The number of amides is 1. The molecule has 23 heavy (non-hydrogen) atoms. The number of hydrogen-bond acceptors (Lipinski definition) is 5. The first kappa shape index (κ1) is 15.4. The van der Waals surface area contributed by atoms with Crippen molar-refractivity contribution in [3.63, 3.8) is 0 Å². The van der Waals surface area contributed by atoms with Gasteiger partial charge in [0, 0.05) is 29.5 Å². The van der Waals surface area contributed by atoms with Crippen molar-refractivity contribution in [3.8, 4) is 11.3 Å². The van der Waals surface area contributed by atoms with Gasteiger partial charge in [-0.25, -0.2) is 9.97 Å². The predicted octanol–water partition coefficient (Wildman–Crippen LogP) is 3.99. The van der Waals surface area contributed by atoms with Gasteiger partial charge in [-0.1, -0.05) is 29.8 Å². The Morgan fingerprint density at radius 1 is 1.17 bits per heavy atom. The third-order valence-electron chi connectivity index (χ3n) is 3.32. The van der Waals surface area contributed by atoms with E-state index in [0.29, 0.717) is 23.9 Å². The highest BCUT2D eigenvalue weighted by Gasteiger charge is 2.10. The summed E-state index contributed by atoms with van der Waals surface area (Å²) in [6.45, 7) is 3.99. The number of nitrogens with zero attached hydrogens (tertiary/aromatic N) is 2. The van der Waals surface area contributed by atoms with Crippen molar-refractivity contribution in [2.24, 2.45) is 0 Å². The molecule has 3 aromatic rings. The summed E-state index contributed by atoms with van der Waals surface area (Å²) >= 11 is 1.46. The van der Waals surface area contributed by atoms with Gasteiger partial charge in [-0.15, -0.1) is 11.3 Å². The van der Waals surface area contributed by atoms with Gasteiger partial charge in [-0.3, -0.25) is 4.79 Å². The van der Waals surface area contributed by atoms with E-state index in [2.05, 4.69) is 15.3 Å². The molecule has 6 heteroatoms. The summed E-state index contributed by atoms with van der Waals surface area (Å²) < 4.78 is 5.71. The summed E-state index contributed by atoms with van der Waals surface area (Å²) in [5.41, 5.74) is 2.18. The van der Waals surface area contributed by atoms with Crippen LogP contribution in [-0.4, -0.2) is 15.9 Å². The first-order chi connectivity index (χ1) is 11.1. The van der Waals surface area contributed by atoms with Crippen LogP contribution in [0.15, 0.2) is 41.1 Å². The number of aryl methyl sites for hydroxylation is 3. The van der Waals surface area contributed by atoms with Crippen molar-refractivity contribution in [2.45, 2.75) is 26.7 Å². The Hall–Kier alpha value is -2.47. The van der Waals surface area contributed by atoms with Gasteiger partial charge in [-0.2, -0.15) is 0 Å². The van der Waals surface area contributed by atoms with Gasteiger partial charge in [-0.05, 0) is 13.8 Å². The molecule has 0 saturated heterocycles. The maximum Gasteiger partial charge on any atom is 0.226 e. The minimum absolute atomic E-state index is 0.0885. The summed E-state index contributed by atoms with van der Waals surface area (Å²) in [4.78, 5) is 21.3. The Bertz CT molecular complexity index is 805. The lowest BCUT2D eigenvalue weighted by molar-refractivity contribution is -0.116. The van der Waals surface area contributed by atoms with Crippen molar-refractivity contribution in [2.75, 3.05) is 5.32 Å². The average Bonchev–Trinajstić information content (AvgIpc) is 3.15. The van der Waals surface area contributed by atoms with Crippen LogP contribution >= 0.6 is 11.3 Å². The lowest BCUT2D eigenvalue weighted by atomic mass is 10.1. The molecule has 5 nitrogen and oxygen atoms in total. The fraction of sp³-hybridized carbons (Fsp3) is 0.235. The van der Waals surface area contributed by atoms with E-state index >= 15 is 0 Å². The molecule has 0 spiro atoms. The fourth-order valence-corrected chi connectivity index (χ4v) is 2.77. The quantitative estimate of drug-likeness (QED) is 0.769. The van der Waals surface area contributed by atoms with Crippen LogP contribution in [0, 0.1) is 13.8 Å². The molecule has 1 N–H and O–H groups in total. The number of nitrogens with one attached hydrogen (secondary N) is 1. The average molecular weight is 327 g/mol. The monoisotopic (exact) mass is 327 g/mol. The maximum absolute atomic E-state index is 11.9. The van der Waals surface area contributed by atoms with E-state index in [4.69, 9.17) is 4.42 Å². The van der Waals surface area contributed by atoms with Crippen LogP contribution in [0.5, 0.6) is 0 Å². The van der Waals surface area contributed by atoms with E-state index in [9.17, 15) is 4.79 Å². The standard InChI is InChI=1S/C17H17N3O2S/c1-11-3-5-13(6-4-11)14-10-18-16(22-14)8-7-15(21)20-17-19-9-12(2)23-17/h3-6,9-10H,7-8H2,1-2H3,(H,19,20,21). The lowest BCUT2D eigenvalue weighted by Crippen LogP contribution is -2.12. The third-order valence-corrected chi connectivity index (χ3v) is 4.15. The molecule has 0 aliphatic rings. The largest absolute Gasteiger partial charge is 0.441 e. The molecule has 0 bridgehead atoms. The summed E-state index contributed by atoms with van der Waals surface area (Å²) in [6.07, 6.45) is 4.21. The number of carbonyl (C=O) groups excluding carboxylic acids is 1. The SMILES string of the molecule is Cc1ccc(-c2cnc(CCC(=O)Nc3ncc(C)s3)o2)cc1. The second-order valence-corrected chi connectivity index (χ2v) is 6.54. The molecule has 1 aromatic carbocycles. The number of thiazole rings is 1. The smallest absolute Gasteiger partial charge is 0.226 e. The molecule has 118 valence electrons. The van der Waals surface area contributed by atoms with E-state index < -0.39 is 0 Å². The number of carbonyl (C=O) groups is 1. The number of aromatic nitrogens is 2. The molecule has 2 heterocycles. The number of hydrogen-bond donors (Lipinski definition) is 1. The molecule has 0 atom stereocenters. The first-order valence-electron chi connectivity index (χ1n) is 7.34. The van der Waals surface area contributed by atoms with Crippen LogP contribution in [0.25, 0.3) is 11.3 Å². The number of oxazole rings is 1. The van der Waals surface area contributed by atoms with E-state index in [-0.39, 0.29) is 5.91 Å². The highest BCUT2D eigenvalue weighted by atomic mass is 32.1. The van der Waals surface area contributed by atoms with Crippen LogP contribution in [0.1, 0.15) is 22.8 Å². The fourth-order valence-electron chi connectivity index (χ4n) is 2.09. The highest BCUT2D eigenvalue weighted by Crippen LogP contribution is 2.21. The Kier molecular flexibility index (Phi) is 4.52. The third kappa shape index (κ3) is 4.04. The Morgan fingerprint density at radius 2 is 1.96 bits per heavy atom. The van der Waals surface area contributed by atoms with Crippen molar-refractivity contribution < 1.29 is 9.21 Å². The van der Waals surface area contributed by atoms with E-state index in [1.54, 1.807) is 12.4 Å². The topological polar surface area (TPSA) is 68.0 Å². The van der Waals surface area contributed by atoms with Gasteiger partial charge < -0.3 is 9.73 Å². The molecule has 2 aromatic heterocycles. The van der Waals surface area contributed by atoms with Gasteiger partial charge in [0.25, 0.3) is 0 Å². The zero-order valence-corrected chi connectivity index (χ0v) is 13.8. The predicted molar refractivity (Wildman–Crippen MR) is 90.5 cm³/mol. The number of rotatable bonds is 5. The van der Waals surface area contributed by atoms with Crippen LogP contribution in [0.2, 0.25) is 0 Å². The van der Waals surface area contributed by atoms with E-state index in [0.717, 1.165) is 16.2 Å². The maximum atomic E-state index is 11.9. The molecule has 0 aliphatic heterocycles. The van der Waals surface area contributed by atoms with Crippen molar-refractivity contribution in [3.05, 3.63) is 53.0 Å². The molecular weight excluding hydrogens is 310 g/mol. The van der Waals surface area contributed by atoms with Crippen molar-refractivity contribution in [1.29, 1.82) is 0 Å². The normalized spacial score (nSPS) is 10.7. The van der Waals surface area contributed by atoms with E-state index in [1.807, 2.05) is 38.1 Å². The van der Waals surface area contributed by atoms with Gasteiger partial charge in [0.15, 0.2) is 16.8 Å². The molecule has 3 rings (SSSR count). The Balaban J connectivity index is 1.56. The summed E-state index contributed by atoms with van der Waals surface area (Å²) in [7, 11) is 0. The van der Waals surface area contributed by atoms with Gasteiger partial charge >= 0.3 is 0 Å². The minimum atomic E-state index is -0.0885. The second-order valence-electron chi connectivity index (χ2n) is 5.31. The van der Waals surface area contributed by atoms with Crippen molar-refractivity contribution >= 4 is 22.4 Å². The lowest BCUT2D eigenvalue weighted by Gasteiger charge is -2.00. The van der Waals surface area contributed by atoms with Crippen LogP contribution in [-0.2, 0) is 11.2 Å². The number of anilines is 1. The molecule has 0 aliphatic carbocycles. The minimum Gasteiger partial charge on any atom is -0.441 e. The Morgan fingerprint density at radius 3 is 2.65 bits per heavy atom. The van der Waals surface area contributed by atoms with Gasteiger partial charge in [0.05, 0.1) is 6.20 Å². The zero-order chi connectivity index (χ0) is 16.2. The van der Waals surface area contributed by atoms with Gasteiger partial charge in [0.1, 0.15) is 0 Å². The first-order valence-corrected chi connectivity index (χ1v) is 8.16. The Labute approximate surface area is 138 Å².